The fourth-order valence-electron chi connectivity index (χ4n) is 1.10. The second kappa shape index (κ2) is 5.60. The quantitative estimate of drug-likeness (QED) is 0.630. The third-order valence-electron chi connectivity index (χ3n) is 2.15. The van der Waals surface area contributed by atoms with Gasteiger partial charge in [-0.1, -0.05) is 0 Å². The molecular weight excluding hydrogens is 234 g/mol. The molecule has 0 aliphatic carbocycles. The summed E-state index contributed by atoms with van der Waals surface area (Å²) in [7, 11) is -2.65. The third kappa shape index (κ3) is 4.46. The maximum Gasteiger partial charge on any atom is 0.325 e. The standard InChI is InChI=1S/C9H19NO5S/c1-7(8(12)15-4)16(13,14)10-9(2,3)5-6-11/h7,10-11H,5-6H2,1-4H3. The van der Waals surface area contributed by atoms with Crippen molar-refractivity contribution >= 4 is 16.0 Å². The minimum absolute atomic E-state index is 0.137. The lowest BCUT2D eigenvalue weighted by Gasteiger charge is -2.26. The Balaban J connectivity index is 4.76. The van der Waals surface area contributed by atoms with Gasteiger partial charge in [0.2, 0.25) is 10.0 Å². The second-order valence-corrected chi connectivity index (χ2v) is 6.17. The molecule has 0 radical (unpaired) electrons. The van der Waals surface area contributed by atoms with Gasteiger partial charge < -0.3 is 9.84 Å². The summed E-state index contributed by atoms with van der Waals surface area (Å²) in [5.41, 5.74) is -0.796. The van der Waals surface area contributed by atoms with Gasteiger partial charge in [-0.2, -0.15) is 0 Å². The number of esters is 1. The molecule has 0 saturated heterocycles. The molecule has 2 N–H and O–H groups in total. The van der Waals surface area contributed by atoms with Crippen LogP contribution in [0.15, 0.2) is 0 Å². The first-order valence-corrected chi connectivity index (χ1v) is 6.42. The van der Waals surface area contributed by atoms with Crippen LogP contribution in [-0.4, -0.2) is 44.0 Å². The van der Waals surface area contributed by atoms with Gasteiger partial charge in [-0.25, -0.2) is 13.1 Å². The largest absolute Gasteiger partial charge is 0.468 e. The minimum atomic E-state index is -3.79. The maximum absolute atomic E-state index is 11.7. The Kier molecular flexibility index (Phi) is 5.37. The highest BCUT2D eigenvalue weighted by Crippen LogP contribution is 2.12. The zero-order chi connectivity index (χ0) is 13.0. The van der Waals surface area contributed by atoms with E-state index in [9.17, 15) is 13.2 Å². The summed E-state index contributed by atoms with van der Waals surface area (Å²) in [6, 6.07) is 0. The molecule has 0 bridgehead atoms. The minimum Gasteiger partial charge on any atom is -0.468 e. The van der Waals surface area contributed by atoms with Crippen LogP contribution in [-0.2, 0) is 19.6 Å². The van der Waals surface area contributed by atoms with Crippen LogP contribution in [0, 0.1) is 0 Å². The summed E-state index contributed by atoms with van der Waals surface area (Å²) in [5, 5.41) is 7.50. The Morgan fingerprint density at radius 2 is 2.00 bits per heavy atom. The van der Waals surface area contributed by atoms with E-state index in [1.165, 1.54) is 6.92 Å². The predicted molar refractivity (Wildman–Crippen MR) is 59.3 cm³/mol. The first-order valence-electron chi connectivity index (χ1n) is 4.88. The summed E-state index contributed by atoms with van der Waals surface area (Å²) < 4.78 is 30.2. The van der Waals surface area contributed by atoms with E-state index < -0.39 is 26.8 Å². The number of aliphatic hydroxyl groups is 1. The molecular formula is C9H19NO5S. The topological polar surface area (TPSA) is 92.7 Å². The Bertz CT molecular complexity index is 336. The van der Waals surface area contributed by atoms with Gasteiger partial charge in [0.15, 0.2) is 5.25 Å². The molecule has 0 fully saturated rings. The Morgan fingerprint density at radius 1 is 1.50 bits per heavy atom. The normalized spacial score (nSPS) is 14.6. The van der Waals surface area contributed by atoms with Crippen LogP contribution in [0.5, 0.6) is 0 Å². The van der Waals surface area contributed by atoms with E-state index in [1.54, 1.807) is 13.8 Å². The van der Waals surface area contributed by atoms with E-state index in [-0.39, 0.29) is 13.0 Å². The highest BCUT2D eigenvalue weighted by Gasteiger charge is 2.33. The van der Waals surface area contributed by atoms with Crippen molar-refractivity contribution in [1.82, 2.24) is 4.72 Å². The SMILES string of the molecule is COC(=O)C(C)S(=O)(=O)NC(C)(C)CCO. The molecule has 16 heavy (non-hydrogen) atoms. The zero-order valence-electron chi connectivity index (χ0n) is 9.98. The molecule has 0 aromatic rings. The van der Waals surface area contributed by atoms with Crippen LogP contribution >= 0.6 is 0 Å². The van der Waals surface area contributed by atoms with E-state index in [2.05, 4.69) is 9.46 Å². The molecule has 1 unspecified atom stereocenters. The van der Waals surface area contributed by atoms with Crippen molar-refractivity contribution in [2.24, 2.45) is 0 Å². The average molecular weight is 253 g/mol. The number of ether oxygens (including phenoxy) is 1. The lowest BCUT2D eigenvalue weighted by molar-refractivity contribution is -0.139. The van der Waals surface area contributed by atoms with Gasteiger partial charge >= 0.3 is 5.97 Å². The molecule has 0 rings (SSSR count). The van der Waals surface area contributed by atoms with Crippen molar-refractivity contribution in [3.63, 3.8) is 0 Å². The van der Waals surface area contributed by atoms with Crippen molar-refractivity contribution in [3.05, 3.63) is 0 Å². The number of methoxy groups -OCH3 is 1. The Hall–Kier alpha value is -0.660. The number of carbonyl (C=O) groups is 1. The molecule has 96 valence electrons. The Labute approximate surface area is 96.0 Å². The molecule has 7 heteroatoms. The van der Waals surface area contributed by atoms with E-state index in [0.29, 0.717) is 0 Å². The molecule has 0 spiro atoms. The average Bonchev–Trinajstić information content (AvgIpc) is 2.13. The van der Waals surface area contributed by atoms with Gasteiger partial charge in [-0.05, 0) is 27.2 Å². The summed E-state index contributed by atoms with van der Waals surface area (Å²) in [6.07, 6.45) is 0.264. The monoisotopic (exact) mass is 253 g/mol. The predicted octanol–water partition coefficient (Wildman–Crippen LogP) is -0.372. The lowest BCUT2D eigenvalue weighted by atomic mass is 10.0. The van der Waals surface area contributed by atoms with Gasteiger partial charge in [-0.15, -0.1) is 0 Å². The van der Waals surface area contributed by atoms with E-state index in [4.69, 9.17) is 5.11 Å². The van der Waals surface area contributed by atoms with Crippen LogP contribution in [0.4, 0.5) is 0 Å². The van der Waals surface area contributed by atoms with Gasteiger partial charge in [0.25, 0.3) is 0 Å². The number of rotatable bonds is 6. The number of aliphatic hydroxyl groups excluding tert-OH is 1. The number of nitrogens with one attached hydrogen (secondary N) is 1. The fraction of sp³-hybridized carbons (Fsp3) is 0.889. The van der Waals surface area contributed by atoms with Crippen molar-refractivity contribution in [2.75, 3.05) is 13.7 Å². The molecule has 1 atom stereocenters. The number of carbonyl (C=O) groups excluding carboxylic acids is 1. The summed E-state index contributed by atoms with van der Waals surface area (Å²) in [5.74, 6) is -0.813. The first kappa shape index (κ1) is 15.3. The van der Waals surface area contributed by atoms with Gasteiger partial charge in [-0.3, -0.25) is 4.79 Å². The highest BCUT2D eigenvalue weighted by molar-refractivity contribution is 7.90. The lowest BCUT2D eigenvalue weighted by Crippen LogP contribution is -2.49. The van der Waals surface area contributed by atoms with E-state index in [0.717, 1.165) is 7.11 Å². The van der Waals surface area contributed by atoms with Gasteiger partial charge in [0, 0.05) is 12.1 Å². The van der Waals surface area contributed by atoms with Crippen LogP contribution in [0.2, 0.25) is 0 Å². The van der Waals surface area contributed by atoms with E-state index >= 15 is 0 Å². The van der Waals surface area contributed by atoms with Crippen LogP contribution in [0.1, 0.15) is 27.2 Å². The maximum atomic E-state index is 11.7. The first-order chi connectivity index (χ1) is 7.16. The molecule has 0 aliphatic heterocycles. The summed E-state index contributed by atoms with van der Waals surface area (Å²) >= 11 is 0. The second-order valence-electron chi connectivity index (χ2n) is 4.17. The van der Waals surface area contributed by atoms with Crippen molar-refractivity contribution < 1.29 is 23.1 Å². The molecule has 0 aliphatic rings. The fourth-order valence-corrected chi connectivity index (χ4v) is 2.50. The summed E-state index contributed by atoms with van der Waals surface area (Å²) in [4.78, 5) is 11.1. The molecule has 0 heterocycles. The molecule has 0 amide bonds. The van der Waals surface area contributed by atoms with Crippen LogP contribution in [0.3, 0.4) is 0 Å². The Morgan fingerprint density at radius 3 is 2.38 bits per heavy atom. The third-order valence-corrected chi connectivity index (χ3v) is 4.11. The van der Waals surface area contributed by atoms with Crippen LogP contribution in [0.25, 0.3) is 0 Å². The molecule has 0 aromatic carbocycles. The number of sulfonamides is 1. The van der Waals surface area contributed by atoms with Crippen molar-refractivity contribution in [1.29, 1.82) is 0 Å². The summed E-state index contributed by atoms with van der Waals surface area (Å²) in [6.45, 7) is 4.38. The number of hydrogen-bond donors (Lipinski definition) is 2. The molecule has 0 aromatic heterocycles. The van der Waals surface area contributed by atoms with Crippen molar-refractivity contribution in [2.45, 2.75) is 38.0 Å². The van der Waals surface area contributed by atoms with Crippen molar-refractivity contribution in [3.8, 4) is 0 Å². The highest BCUT2D eigenvalue weighted by atomic mass is 32.2. The molecule has 0 saturated carbocycles. The van der Waals surface area contributed by atoms with Gasteiger partial charge in [0.05, 0.1) is 7.11 Å². The van der Waals surface area contributed by atoms with Crippen LogP contribution < -0.4 is 4.72 Å². The van der Waals surface area contributed by atoms with Gasteiger partial charge in [0.1, 0.15) is 0 Å². The zero-order valence-corrected chi connectivity index (χ0v) is 10.8. The number of hydrogen-bond acceptors (Lipinski definition) is 5. The smallest absolute Gasteiger partial charge is 0.325 e. The van der Waals surface area contributed by atoms with E-state index in [1.807, 2.05) is 0 Å². The molecule has 6 nitrogen and oxygen atoms in total.